The van der Waals surface area contributed by atoms with Gasteiger partial charge in [-0.05, 0) is 35.4 Å². The fraction of sp³-hybridized carbons (Fsp3) is 0.292. The molecule has 7 heteroatoms. The van der Waals surface area contributed by atoms with E-state index in [2.05, 4.69) is 21.4 Å². The van der Waals surface area contributed by atoms with Crippen LogP contribution in [0.5, 0.6) is 11.5 Å². The maximum absolute atomic E-state index is 9.08. The second-order valence-corrected chi connectivity index (χ2v) is 5.69. The van der Waals surface area contributed by atoms with Gasteiger partial charge in [-0.2, -0.15) is 5.26 Å². The molecule has 0 unspecified atom stereocenters. The summed E-state index contributed by atoms with van der Waals surface area (Å²) in [5, 5.41) is 12.2. The molecule has 0 atom stereocenters. The number of ether oxygens (including phenoxy) is 2. The van der Waals surface area contributed by atoms with Gasteiger partial charge >= 0.3 is 0 Å². The molecule has 0 amide bonds. The average molecular weight is 422 g/mol. The van der Waals surface area contributed by atoms with Crippen LogP contribution in [0.2, 0.25) is 0 Å². The number of aromatic nitrogens is 2. The summed E-state index contributed by atoms with van der Waals surface area (Å²) < 4.78 is 10.6. The minimum atomic E-state index is 0.440. The van der Waals surface area contributed by atoms with E-state index in [1.807, 2.05) is 52.0 Å². The number of hydrogen-bond donors (Lipinski definition) is 2. The Kier molecular flexibility index (Phi) is 11.1. The summed E-state index contributed by atoms with van der Waals surface area (Å²) in [6.45, 7) is 8.44. The number of nitrogens with two attached hydrogens (primary N) is 1. The molecule has 3 aromatic rings. The maximum atomic E-state index is 9.08. The molecule has 1 aromatic heterocycles. The average Bonchev–Trinajstić information content (AvgIpc) is 2.86. The maximum Gasteiger partial charge on any atom is 0.227 e. The van der Waals surface area contributed by atoms with Gasteiger partial charge in [0.2, 0.25) is 5.95 Å². The minimum Gasteiger partial charge on any atom is -0.495 e. The van der Waals surface area contributed by atoms with E-state index in [0.717, 1.165) is 22.4 Å². The van der Waals surface area contributed by atoms with Crippen molar-refractivity contribution in [3.63, 3.8) is 0 Å². The number of anilines is 2. The van der Waals surface area contributed by atoms with Crippen molar-refractivity contribution in [2.24, 2.45) is 5.73 Å². The first-order valence-corrected chi connectivity index (χ1v) is 10.2. The third-order valence-corrected chi connectivity index (χ3v) is 4.06. The van der Waals surface area contributed by atoms with Gasteiger partial charge in [0.1, 0.15) is 17.6 Å². The van der Waals surface area contributed by atoms with Gasteiger partial charge in [-0.1, -0.05) is 39.8 Å². The lowest BCUT2D eigenvalue weighted by molar-refractivity contribution is 0.413. The normalized spacial score (nSPS) is 9.23. The molecule has 0 fully saturated rings. The summed E-state index contributed by atoms with van der Waals surface area (Å²) in [5.41, 5.74) is 9.54. The Hall–Kier alpha value is -3.63. The predicted octanol–water partition coefficient (Wildman–Crippen LogP) is 5.29. The second-order valence-electron chi connectivity index (χ2n) is 5.69. The number of methoxy groups -OCH3 is 2. The molecular formula is C24H31N5O2. The highest BCUT2D eigenvalue weighted by atomic mass is 16.5. The third kappa shape index (κ3) is 6.69. The number of nitriles is 1. The lowest BCUT2D eigenvalue weighted by atomic mass is 10.1. The van der Waals surface area contributed by atoms with E-state index < -0.39 is 0 Å². The van der Waals surface area contributed by atoms with Crippen molar-refractivity contribution >= 4 is 11.6 Å². The van der Waals surface area contributed by atoms with Gasteiger partial charge in [-0.15, -0.1) is 0 Å². The summed E-state index contributed by atoms with van der Waals surface area (Å²) in [6, 6.07) is 13.1. The Morgan fingerprint density at radius 3 is 2.10 bits per heavy atom. The van der Waals surface area contributed by atoms with Crippen molar-refractivity contribution in [1.29, 1.82) is 5.26 Å². The van der Waals surface area contributed by atoms with E-state index in [0.29, 0.717) is 29.6 Å². The van der Waals surface area contributed by atoms with Crippen LogP contribution in [0, 0.1) is 11.3 Å². The lowest BCUT2D eigenvalue weighted by Gasteiger charge is -2.12. The molecule has 7 nitrogen and oxygen atoms in total. The zero-order valence-corrected chi connectivity index (χ0v) is 19.1. The van der Waals surface area contributed by atoms with Crippen LogP contribution in [-0.2, 0) is 6.54 Å². The predicted molar refractivity (Wildman–Crippen MR) is 126 cm³/mol. The van der Waals surface area contributed by atoms with Gasteiger partial charge in [0.15, 0.2) is 0 Å². The highest BCUT2D eigenvalue weighted by molar-refractivity contribution is 5.68. The van der Waals surface area contributed by atoms with E-state index >= 15 is 0 Å². The van der Waals surface area contributed by atoms with Crippen LogP contribution in [0.4, 0.5) is 11.6 Å². The highest BCUT2D eigenvalue weighted by Gasteiger charge is 2.09. The van der Waals surface area contributed by atoms with E-state index in [9.17, 15) is 0 Å². The highest BCUT2D eigenvalue weighted by Crippen LogP contribution is 2.29. The summed E-state index contributed by atoms with van der Waals surface area (Å²) in [4.78, 5) is 8.72. The fourth-order valence-electron chi connectivity index (χ4n) is 2.59. The molecule has 0 radical (unpaired) electrons. The largest absolute Gasteiger partial charge is 0.495 e. The monoisotopic (exact) mass is 421 g/mol. The SMILES string of the molecule is CC.CC.COc1cc(-c2cnc(Nc3ccc(CN)cc3OC)nc2)ccc1C#N. The zero-order chi connectivity index (χ0) is 23.2. The number of hydrogen-bond acceptors (Lipinski definition) is 7. The standard InChI is InChI=1S/C20H19N5O2.2C2H6/c1-26-18-8-14(4-5-15(18)10-22)16-11-23-20(24-12-16)25-17-6-3-13(9-21)7-19(17)27-2;2*1-2/h3-8,11-12H,9,21H2,1-2H3,(H,23,24,25);2*1-2H3. The van der Waals surface area contributed by atoms with Crippen LogP contribution < -0.4 is 20.5 Å². The van der Waals surface area contributed by atoms with Gasteiger partial charge < -0.3 is 20.5 Å². The zero-order valence-electron chi connectivity index (χ0n) is 19.1. The fourth-order valence-corrected chi connectivity index (χ4v) is 2.59. The summed E-state index contributed by atoms with van der Waals surface area (Å²) in [5.74, 6) is 1.63. The molecule has 164 valence electrons. The van der Waals surface area contributed by atoms with Crippen molar-refractivity contribution < 1.29 is 9.47 Å². The smallest absolute Gasteiger partial charge is 0.227 e. The Labute approximate surface area is 184 Å². The molecule has 2 aromatic carbocycles. The third-order valence-electron chi connectivity index (χ3n) is 4.06. The van der Waals surface area contributed by atoms with Crippen LogP contribution in [0.15, 0.2) is 48.8 Å². The van der Waals surface area contributed by atoms with Crippen molar-refractivity contribution in [3.8, 4) is 28.7 Å². The van der Waals surface area contributed by atoms with Gasteiger partial charge in [-0.3, -0.25) is 0 Å². The van der Waals surface area contributed by atoms with Crippen molar-refractivity contribution in [3.05, 3.63) is 59.9 Å². The quantitative estimate of drug-likeness (QED) is 0.557. The van der Waals surface area contributed by atoms with E-state index in [-0.39, 0.29) is 0 Å². The van der Waals surface area contributed by atoms with Crippen molar-refractivity contribution in [2.45, 2.75) is 34.2 Å². The summed E-state index contributed by atoms with van der Waals surface area (Å²) >= 11 is 0. The number of nitrogens with one attached hydrogen (secondary N) is 1. The topological polar surface area (TPSA) is 106 Å². The molecule has 1 heterocycles. The second kappa shape index (κ2) is 13.6. The van der Waals surface area contributed by atoms with Gasteiger partial charge in [0, 0.05) is 24.5 Å². The lowest BCUT2D eigenvalue weighted by Crippen LogP contribution is -2.01. The number of benzene rings is 2. The van der Waals surface area contributed by atoms with Crippen LogP contribution in [0.1, 0.15) is 38.8 Å². The Bertz CT molecular complexity index is 982. The molecule has 0 saturated heterocycles. The molecular weight excluding hydrogens is 390 g/mol. The van der Waals surface area contributed by atoms with Crippen LogP contribution >= 0.6 is 0 Å². The molecule has 3 N–H and O–H groups in total. The molecule has 0 spiro atoms. The number of nitrogens with zero attached hydrogens (tertiary/aromatic N) is 3. The van der Waals surface area contributed by atoms with E-state index in [1.165, 1.54) is 7.11 Å². The minimum absolute atomic E-state index is 0.440. The van der Waals surface area contributed by atoms with E-state index in [4.69, 9.17) is 20.5 Å². The number of rotatable bonds is 6. The van der Waals surface area contributed by atoms with Crippen LogP contribution in [0.3, 0.4) is 0 Å². The first-order valence-electron chi connectivity index (χ1n) is 10.2. The Balaban J connectivity index is 0.00000113. The molecule has 0 aliphatic rings. The molecule has 0 aliphatic carbocycles. The molecule has 0 aliphatic heterocycles. The van der Waals surface area contributed by atoms with E-state index in [1.54, 1.807) is 31.6 Å². The molecule has 31 heavy (non-hydrogen) atoms. The summed E-state index contributed by atoms with van der Waals surface area (Å²) in [6.07, 6.45) is 3.41. The van der Waals surface area contributed by atoms with Crippen LogP contribution in [0.25, 0.3) is 11.1 Å². The Morgan fingerprint density at radius 1 is 0.903 bits per heavy atom. The molecule has 3 rings (SSSR count). The van der Waals surface area contributed by atoms with Crippen LogP contribution in [-0.4, -0.2) is 24.2 Å². The van der Waals surface area contributed by atoms with Gasteiger partial charge in [0.05, 0.1) is 25.5 Å². The van der Waals surface area contributed by atoms with Gasteiger partial charge in [-0.25, -0.2) is 9.97 Å². The van der Waals surface area contributed by atoms with Crippen molar-refractivity contribution in [1.82, 2.24) is 9.97 Å². The molecule has 0 bridgehead atoms. The summed E-state index contributed by atoms with van der Waals surface area (Å²) in [7, 11) is 3.13. The Morgan fingerprint density at radius 2 is 1.55 bits per heavy atom. The molecule has 0 saturated carbocycles. The first kappa shape index (κ1) is 25.4. The van der Waals surface area contributed by atoms with Crippen molar-refractivity contribution in [2.75, 3.05) is 19.5 Å². The first-order chi connectivity index (χ1) is 15.2. The van der Waals surface area contributed by atoms with Gasteiger partial charge in [0.25, 0.3) is 0 Å².